The first kappa shape index (κ1) is 16.4. The normalized spacial score (nSPS) is 28.7. The van der Waals surface area contributed by atoms with Gasteiger partial charge in [0.05, 0.1) is 18.8 Å². The number of nitrogens with zero attached hydrogens (tertiary/aromatic N) is 1. The van der Waals surface area contributed by atoms with Crippen LogP contribution < -0.4 is 0 Å². The average Bonchev–Trinajstić information content (AvgIpc) is 2.45. The number of halogens is 4. The van der Waals surface area contributed by atoms with Crippen molar-refractivity contribution in [1.29, 1.82) is 0 Å². The summed E-state index contributed by atoms with van der Waals surface area (Å²) in [4.78, 5) is 14.8. The molecule has 2 unspecified atom stereocenters. The van der Waals surface area contributed by atoms with Gasteiger partial charge >= 0.3 is 6.18 Å². The van der Waals surface area contributed by atoms with Crippen molar-refractivity contribution in [2.75, 3.05) is 20.3 Å². The van der Waals surface area contributed by atoms with E-state index < -0.39 is 34.8 Å². The number of rotatable bonds is 2. The van der Waals surface area contributed by atoms with E-state index in [9.17, 15) is 22.4 Å². The lowest BCUT2D eigenvalue weighted by atomic mass is 9.80. The zero-order valence-corrected chi connectivity index (χ0v) is 12.6. The largest absolute Gasteiger partial charge is 0.417 e. The van der Waals surface area contributed by atoms with Crippen LogP contribution in [0.2, 0.25) is 0 Å². The Labute approximate surface area is 131 Å². The van der Waals surface area contributed by atoms with Crippen LogP contribution in [0.5, 0.6) is 0 Å². The van der Waals surface area contributed by atoms with Crippen molar-refractivity contribution in [2.24, 2.45) is 5.92 Å². The molecule has 3 nitrogen and oxygen atoms in total. The molecule has 1 aromatic rings. The Morgan fingerprint density at radius 1 is 1.22 bits per heavy atom. The summed E-state index contributed by atoms with van der Waals surface area (Å²) in [5.74, 6) is -2.04. The molecule has 2 aliphatic rings. The molecule has 0 amide bonds. The zero-order valence-electron chi connectivity index (χ0n) is 12.6. The van der Waals surface area contributed by atoms with Gasteiger partial charge in [0.1, 0.15) is 5.82 Å². The predicted molar refractivity (Wildman–Crippen MR) is 74.6 cm³/mol. The standard InChI is InChI=1S/C16H17F4NO2/c1-21-11-4-9(5-12(21)8-23-7-11)15(22)13-3-2-10(17)6-14(13)16(18,19)20/h2-3,6,9,11-12H,4-5,7-8H2,1H3. The van der Waals surface area contributed by atoms with Crippen molar-refractivity contribution < 1.29 is 27.1 Å². The number of benzene rings is 1. The van der Waals surface area contributed by atoms with E-state index in [0.717, 1.165) is 12.1 Å². The van der Waals surface area contributed by atoms with Gasteiger partial charge in [-0.2, -0.15) is 13.2 Å². The third-order valence-corrected chi connectivity index (χ3v) is 4.81. The number of piperidine rings is 1. The Bertz CT molecular complexity index is 603. The van der Waals surface area contributed by atoms with Crippen molar-refractivity contribution in [3.05, 3.63) is 35.1 Å². The Kier molecular flexibility index (Phi) is 4.18. The Hall–Kier alpha value is -1.47. The summed E-state index contributed by atoms with van der Waals surface area (Å²) in [6.45, 7) is 0.957. The number of likely N-dealkylation sites (N-methyl/N-ethyl adjacent to an activating group) is 1. The molecule has 0 aliphatic carbocycles. The molecule has 0 radical (unpaired) electrons. The zero-order chi connectivity index (χ0) is 16.8. The fourth-order valence-electron chi connectivity index (χ4n) is 3.49. The molecule has 2 bridgehead atoms. The quantitative estimate of drug-likeness (QED) is 0.616. The minimum absolute atomic E-state index is 0.0336. The molecule has 0 aromatic heterocycles. The highest BCUT2D eigenvalue weighted by molar-refractivity contribution is 5.99. The van der Waals surface area contributed by atoms with Gasteiger partial charge in [0.15, 0.2) is 5.78 Å². The van der Waals surface area contributed by atoms with Crippen LogP contribution in [0.15, 0.2) is 18.2 Å². The summed E-state index contributed by atoms with van der Waals surface area (Å²) < 4.78 is 57.9. The minimum Gasteiger partial charge on any atom is -0.378 e. The van der Waals surface area contributed by atoms with Crippen molar-refractivity contribution in [3.8, 4) is 0 Å². The van der Waals surface area contributed by atoms with E-state index in [0.29, 0.717) is 32.1 Å². The van der Waals surface area contributed by atoms with E-state index in [1.165, 1.54) is 0 Å². The molecule has 7 heteroatoms. The Morgan fingerprint density at radius 2 is 1.83 bits per heavy atom. The topological polar surface area (TPSA) is 29.5 Å². The number of fused-ring (bicyclic) bond motifs is 2. The molecule has 2 fully saturated rings. The lowest BCUT2D eigenvalue weighted by Gasteiger charge is -2.46. The monoisotopic (exact) mass is 331 g/mol. The molecular formula is C16H17F4NO2. The van der Waals surface area contributed by atoms with Crippen molar-refractivity contribution >= 4 is 5.78 Å². The summed E-state index contributed by atoms with van der Waals surface area (Å²) in [5.41, 5.74) is -1.63. The second-order valence-electron chi connectivity index (χ2n) is 6.23. The fourth-order valence-corrected chi connectivity index (χ4v) is 3.49. The maximum absolute atomic E-state index is 13.2. The molecule has 1 aromatic carbocycles. The van der Waals surface area contributed by atoms with Crippen LogP contribution >= 0.6 is 0 Å². The van der Waals surface area contributed by atoms with Gasteiger partial charge in [0.2, 0.25) is 0 Å². The maximum Gasteiger partial charge on any atom is 0.417 e. The van der Waals surface area contributed by atoms with Gasteiger partial charge in [0.25, 0.3) is 0 Å². The molecule has 23 heavy (non-hydrogen) atoms. The lowest BCUT2D eigenvalue weighted by molar-refractivity contribution is -0.138. The SMILES string of the molecule is CN1C2COCC1CC(C(=O)c1ccc(F)cc1C(F)(F)F)C2. The molecule has 2 aliphatic heterocycles. The number of ketones is 1. The van der Waals surface area contributed by atoms with E-state index in [2.05, 4.69) is 4.90 Å². The number of morpholine rings is 1. The van der Waals surface area contributed by atoms with Gasteiger partial charge in [-0.3, -0.25) is 9.69 Å². The highest BCUT2D eigenvalue weighted by Gasteiger charge is 2.42. The van der Waals surface area contributed by atoms with Crippen LogP contribution in [0.4, 0.5) is 17.6 Å². The molecule has 2 atom stereocenters. The number of Topliss-reactive ketones (excluding diaryl/α,β-unsaturated/α-hetero) is 1. The van der Waals surface area contributed by atoms with Crippen LogP contribution in [-0.2, 0) is 10.9 Å². The van der Waals surface area contributed by atoms with Crippen molar-refractivity contribution in [1.82, 2.24) is 4.90 Å². The Morgan fingerprint density at radius 3 is 2.39 bits per heavy atom. The lowest BCUT2D eigenvalue weighted by Crippen LogP contribution is -2.55. The van der Waals surface area contributed by atoms with Crippen LogP contribution in [0, 0.1) is 11.7 Å². The van der Waals surface area contributed by atoms with Gasteiger partial charge < -0.3 is 4.74 Å². The highest BCUT2D eigenvalue weighted by Crippen LogP contribution is 2.37. The van der Waals surface area contributed by atoms with Crippen LogP contribution in [-0.4, -0.2) is 43.0 Å². The van der Waals surface area contributed by atoms with Gasteiger partial charge in [-0.15, -0.1) is 0 Å². The number of carbonyl (C=O) groups excluding carboxylic acids is 1. The summed E-state index contributed by atoms with van der Waals surface area (Å²) in [6.07, 6.45) is -3.83. The first-order valence-electron chi connectivity index (χ1n) is 7.48. The minimum atomic E-state index is -4.75. The molecule has 0 spiro atoms. The first-order chi connectivity index (χ1) is 10.8. The summed E-state index contributed by atoms with van der Waals surface area (Å²) in [6, 6.07) is 2.32. The highest BCUT2D eigenvalue weighted by atomic mass is 19.4. The number of hydrogen-bond acceptors (Lipinski definition) is 3. The van der Waals surface area contributed by atoms with Crippen LogP contribution in [0.25, 0.3) is 0 Å². The van der Waals surface area contributed by atoms with E-state index >= 15 is 0 Å². The van der Waals surface area contributed by atoms with E-state index in [1.807, 2.05) is 7.05 Å². The third kappa shape index (κ3) is 3.12. The third-order valence-electron chi connectivity index (χ3n) is 4.81. The fraction of sp³-hybridized carbons (Fsp3) is 0.562. The predicted octanol–water partition coefficient (Wildman–Crippen LogP) is 3.14. The van der Waals surface area contributed by atoms with Crippen LogP contribution in [0.3, 0.4) is 0 Å². The average molecular weight is 331 g/mol. The molecule has 3 rings (SSSR count). The van der Waals surface area contributed by atoms with E-state index in [1.54, 1.807) is 0 Å². The molecular weight excluding hydrogens is 314 g/mol. The van der Waals surface area contributed by atoms with Crippen molar-refractivity contribution in [3.63, 3.8) is 0 Å². The number of ether oxygens (including phenoxy) is 1. The van der Waals surface area contributed by atoms with Gasteiger partial charge in [0, 0.05) is 23.6 Å². The van der Waals surface area contributed by atoms with E-state index in [-0.39, 0.29) is 12.1 Å². The molecule has 126 valence electrons. The Balaban J connectivity index is 1.89. The molecule has 0 N–H and O–H groups in total. The van der Waals surface area contributed by atoms with E-state index in [4.69, 9.17) is 4.74 Å². The summed E-state index contributed by atoms with van der Waals surface area (Å²) in [7, 11) is 1.94. The maximum atomic E-state index is 13.2. The van der Waals surface area contributed by atoms with Gasteiger partial charge in [-0.05, 0) is 38.1 Å². The summed E-state index contributed by atoms with van der Waals surface area (Å²) in [5, 5.41) is 0. The molecule has 2 saturated heterocycles. The second-order valence-corrected chi connectivity index (χ2v) is 6.23. The number of carbonyl (C=O) groups is 1. The number of alkyl halides is 3. The molecule has 0 saturated carbocycles. The van der Waals surface area contributed by atoms with Gasteiger partial charge in [-0.25, -0.2) is 4.39 Å². The smallest absolute Gasteiger partial charge is 0.378 e. The van der Waals surface area contributed by atoms with Crippen LogP contribution in [0.1, 0.15) is 28.8 Å². The number of hydrogen-bond donors (Lipinski definition) is 0. The summed E-state index contributed by atoms with van der Waals surface area (Å²) >= 11 is 0. The second kappa shape index (κ2) is 5.87. The first-order valence-corrected chi connectivity index (χ1v) is 7.48. The van der Waals surface area contributed by atoms with Gasteiger partial charge in [-0.1, -0.05) is 0 Å². The van der Waals surface area contributed by atoms with Crippen molar-refractivity contribution in [2.45, 2.75) is 31.1 Å². The molecule has 2 heterocycles.